The van der Waals surface area contributed by atoms with Gasteiger partial charge in [-0.15, -0.1) is 0 Å². The highest BCUT2D eigenvalue weighted by Gasteiger charge is 2.09. The molecular formula is C11H19N3. The third kappa shape index (κ3) is 3.00. The fraction of sp³-hybridized carbons (Fsp3) is 0.545. The van der Waals surface area contributed by atoms with Crippen molar-refractivity contribution in [3.8, 4) is 0 Å². The Hall–Kier alpha value is -1.09. The Balaban J connectivity index is 0.000000461. The summed E-state index contributed by atoms with van der Waals surface area (Å²) in [6.45, 7) is 8.27. The first-order chi connectivity index (χ1) is 6.97. The van der Waals surface area contributed by atoms with E-state index in [1.807, 2.05) is 32.2 Å². The van der Waals surface area contributed by atoms with E-state index in [1.165, 1.54) is 0 Å². The molecule has 1 aliphatic heterocycles. The van der Waals surface area contributed by atoms with Gasteiger partial charge in [0.25, 0.3) is 0 Å². The van der Waals surface area contributed by atoms with Crippen molar-refractivity contribution >= 4 is 5.82 Å². The fourth-order valence-electron chi connectivity index (χ4n) is 1.43. The summed E-state index contributed by atoms with van der Waals surface area (Å²) >= 11 is 0. The molecule has 3 nitrogen and oxygen atoms in total. The maximum atomic E-state index is 4.30. The minimum Gasteiger partial charge on any atom is -0.354 e. The first-order valence-corrected chi connectivity index (χ1v) is 5.33. The van der Waals surface area contributed by atoms with Crippen LogP contribution in [0.3, 0.4) is 0 Å². The zero-order valence-electron chi connectivity index (χ0n) is 9.03. The molecule has 0 aliphatic carbocycles. The topological polar surface area (TPSA) is 28.2 Å². The monoisotopic (exact) mass is 193 g/mol. The lowest BCUT2D eigenvalue weighted by Crippen LogP contribution is -2.43. The third-order valence-electron chi connectivity index (χ3n) is 2.09. The lowest BCUT2D eigenvalue weighted by molar-refractivity contribution is 0.585. The Morgan fingerprint density at radius 2 is 1.93 bits per heavy atom. The van der Waals surface area contributed by atoms with E-state index in [9.17, 15) is 0 Å². The quantitative estimate of drug-likeness (QED) is 0.733. The van der Waals surface area contributed by atoms with Crippen molar-refractivity contribution < 1.29 is 0 Å². The number of hydrogen-bond acceptors (Lipinski definition) is 3. The molecule has 2 rings (SSSR count). The highest BCUT2D eigenvalue weighted by Crippen LogP contribution is 2.08. The van der Waals surface area contributed by atoms with Crippen molar-refractivity contribution in [1.82, 2.24) is 10.3 Å². The number of anilines is 1. The molecule has 0 bridgehead atoms. The normalized spacial score (nSPS) is 15.7. The molecule has 1 fully saturated rings. The van der Waals surface area contributed by atoms with E-state index in [-0.39, 0.29) is 0 Å². The molecule has 0 aromatic carbocycles. The van der Waals surface area contributed by atoms with E-state index >= 15 is 0 Å². The SMILES string of the molecule is CC.c1ccc(N2CCNCC2)nc1. The van der Waals surface area contributed by atoms with Gasteiger partial charge in [-0.25, -0.2) is 4.98 Å². The number of nitrogens with one attached hydrogen (secondary N) is 1. The second kappa shape index (κ2) is 6.38. The molecule has 1 saturated heterocycles. The molecule has 2 heterocycles. The van der Waals surface area contributed by atoms with Crippen molar-refractivity contribution in [3.05, 3.63) is 24.4 Å². The van der Waals surface area contributed by atoms with Crippen LogP contribution in [0, 0.1) is 0 Å². The van der Waals surface area contributed by atoms with E-state index in [0.717, 1.165) is 32.0 Å². The molecule has 0 spiro atoms. The first kappa shape index (κ1) is 11.0. The molecule has 0 amide bonds. The summed E-state index contributed by atoms with van der Waals surface area (Å²) in [4.78, 5) is 6.60. The van der Waals surface area contributed by atoms with E-state index in [4.69, 9.17) is 0 Å². The summed E-state index contributed by atoms with van der Waals surface area (Å²) in [6.07, 6.45) is 1.84. The molecule has 3 heteroatoms. The van der Waals surface area contributed by atoms with Gasteiger partial charge in [0.05, 0.1) is 0 Å². The van der Waals surface area contributed by atoms with Gasteiger partial charge in [0.15, 0.2) is 0 Å². The molecule has 0 unspecified atom stereocenters. The summed E-state index contributed by atoms with van der Waals surface area (Å²) in [6, 6.07) is 6.04. The van der Waals surface area contributed by atoms with Gasteiger partial charge in [0.1, 0.15) is 5.82 Å². The number of pyridine rings is 1. The predicted octanol–water partition coefficient (Wildman–Crippen LogP) is 1.52. The Morgan fingerprint density at radius 1 is 1.21 bits per heavy atom. The molecule has 1 aliphatic rings. The van der Waals surface area contributed by atoms with Crippen molar-refractivity contribution in [2.75, 3.05) is 31.1 Å². The highest BCUT2D eigenvalue weighted by molar-refractivity contribution is 5.38. The van der Waals surface area contributed by atoms with Gasteiger partial charge in [-0.2, -0.15) is 0 Å². The molecule has 0 saturated carbocycles. The van der Waals surface area contributed by atoms with Crippen LogP contribution < -0.4 is 10.2 Å². The molecular weight excluding hydrogens is 174 g/mol. The van der Waals surface area contributed by atoms with Gasteiger partial charge in [-0.1, -0.05) is 19.9 Å². The maximum absolute atomic E-state index is 4.30. The van der Waals surface area contributed by atoms with Gasteiger partial charge in [0.2, 0.25) is 0 Å². The van der Waals surface area contributed by atoms with Crippen LogP contribution >= 0.6 is 0 Å². The van der Waals surface area contributed by atoms with Crippen LogP contribution in [0.5, 0.6) is 0 Å². The Labute approximate surface area is 86.2 Å². The van der Waals surface area contributed by atoms with Crippen LogP contribution in [-0.4, -0.2) is 31.2 Å². The largest absolute Gasteiger partial charge is 0.354 e. The van der Waals surface area contributed by atoms with Crippen LogP contribution in [0.2, 0.25) is 0 Å². The molecule has 0 atom stereocenters. The molecule has 1 aromatic rings. The van der Waals surface area contributed by atoms with Crippen molar-refractivity contribution in [2.24, 2.45) is 0 Å². The lowest BCUT2D eigenvalue weighted by atomic mass is 10.3. The highest BCUT2D eigenvalue weighted by atomic mass is 15.2. The standard InChI is InChI=1S/C9H13N3.C2H6/c1-2-4-11-9(3-1)12-7-5-10-6-8-12;1-2/h1-4,10H,5-8H2;1-2H3. The summed E-state index contributed by atoms with van der Waals surface area (Å²) in [5.74, 6) is 1.10. The average Bonchev–Trinajstić information content (AvgIpc) is 2.34. The molecule has 0 radical (unpaired) electrons. The van der Waals surface area contributed by atoms with E-state index in [1.54, 1.807) is 0 Å². The van der Waals surface area contributed by atoms with Gasteiger partial charge < -0.3 is 10.2 Å². The number of rotatable bonds is 1. The molecule has 1 aromatic heterocycles. The van der Waals surface area contributed by atoms with Crippen molar-refractivity contribution in [1.29, 1.82) is 0 Å². The van der Waals surface area contributed by atoms with E-state index in [2.05, 4.69) is 21.3 Å². The van der Waals surface area contributed by atoms with Crippen LogP contribution in [-0.2, 0) is 0 Å². The average molecular weight is 193 g/mol. The third-order valence-corrected chi connectivity index (χ3v) is 2.09. The second-order valence-electron chi connectivity index (χ2n) is 2.92. The molecule has 1 N–H and O–H groups in total. The number of aromatic nitrogens is 1. The number of hydrogen-bond donors (Lipinski definition) is 1. The Bertz CT molecular complexity index is 230. The van der Waals surface area contributed by atoms with Crippen LogP contribution in [0.4, 0.5) is 5.82 Å². The van der Waals surface area contributed by atoms with Gasteiger partial charge >= 0.3 is 0 Å². The summed E-state index contributed by atoms with van der Waals surface area (Å²) < 4.78 is 0. The summed E-state index contributed by atoms with van der Waals surface area (Å²) in [7, 11) is 0. The summed E-state index contributed by atoms with van der Waals surface area (Å²) in [5, 5.41) is 3.32. The van der Waals surface area contributed by atoms with Crippen LogP contribution in [0.25, 0.3) is 0 Å². The fourth-order valence-corrected chi connectivity index (χ4v) is 1.43. The second-order valence-corrected chi connectivity index (χ2v) is 2.92. The van der Waals surface area contributed by atoms with Crippen LogP contribution in [0.15, 0.2) is 24.4 Å². The predicted molar refractivity (Wildman–Crippen MR) is 60.7 cm³/mol. The lowest BCUT2D eigenvalue weighted by Gasteiger charge is -2.28. The Kier molecular flexibility index (Phi) is 5.00. The van der Waals surface area contributed by atoms with Gasteiger partial charge in [-0.3, -0.25) is 0 Å². The van der Waals surface area contributed by atoms with Gasteiger partial charge in [0, 0.05) is 32.4 Å². The number of nitrogens with zero attached hydrogens (tertiary/aromatic N) is 2. The van der Waals surface area contributed by atoms with Gasteiger partial charge in [-0.05, 0) is 12.1 Å². The maximum Gasteiger partial charge on any atom is 0.128 e. The molecule has 78 valence electrons. The van der Waals surface area contributed by atoms with Crippen LogP contribution in [0.1, 0.15) is 13.8 Å². The smallest absolute Gasteiger partial charge is 0.128 e. The minimum absolute atomic E-state index is 1.07. The first-order valence-electron chi connectivity index (χ1n) is 5.33. The Morgan fingerprint density at radius 3 is 2.50 bits per heavy atom. The zero-order chi connectivity index (χ0) is 10.2. The van der Waals surface area contributed by atoms with Crippen molar-refractivity contribution in [3.63, 3.8) is 0 Å². The minimum atomic E-state index is 1.07. The van der Waals surface area contributed by atoms with E-state index in [0.29, 0.717) is 0 Å². The molecule has 14 heavy (non-hydrogen) atoms. The summed E-state index contributed by atoms with van der Waals surface area (Å²) in [5.41, 5.74) is 0. The zero-order valence-corrected chi connectivity index (χ0v) is 9.03. The van der Waals surface area contributed by atoms with E-state index < -0.39 is 0 Å². The van der Waals surface area contributed by atoms with Crippen molar-refractivity contribution in [2.45, 2.75) is 13.8 Å². The number of piperazine rings is 1.